The first-order valence-electron chi connectivity index (χ1n) is 6.97. The van der Waals surface area contributed by atoms with Gasteiger partial charge in [-0.1, -0.05) is 48.5 Å². The third kappa shape index (κ3) is 3.90. The lowest BCUT2D eigenvalue weighted by Crippen LogP contribution is -2.49. The standard InChI is InChI=1S/C14H30O3Si/c1-10(2)18(11(3)4,12(5)6)17-9-14(16)13(7)8-15/h8,10-14,16H,9H2,1-7H3/t13-,14+/m1/s1. The number of carbonyl (C=O) groups is 1. The van der Waals surface area contributed by atoms with Crippen molar-refractivity contribution in [3.63, 3.8) is 0 Å². The average molecular weight is 274 g/mol. The SMILES string of the molecule is CC(C)[Si](OC[C@H](O)[C@H](C)C=O)(C(C)C)C(C)C. The maximum Gasteiger partial charge on any atom is 0.200 e. The van der Waals surface area contributed by atoms with E-state index in [1.165, 1.54) is 0 Å². The van der Waals surface area contributed by atoms with Gasteiger partial charge in [-0.2, -0.15) is 0 Å². The Morgan fingerprint density at radius 2 is 1.39 bits per heavy atom. The van der Waals surface area contributed by atoms with Gasteiger partial charge in [-0.3, -0.25) is 0 Å². The van der Waals surface area contributed by atoms with Crippen LogP contribution in [0.4, 0.5) is 0 Å². The number of aldehydes is 1. The van der Waals surface area contributed by atoms with E-state index in [1.54, 1.807) is 6.92 Å². The zero-order valence-electron chi connectivity index (χ0n) is 12.9. The van der Waals surface area contributed by atoms with Crippen molar-refractivity contribution in [1.82, 2.24) is 0 Å². The van der Waals surface area contributed by atoms with Gasteiger partial charge in [-0.05, 0) is 16.6 Å². The molecule has 0 saturated carbocycles. The molecule has 0 aliphatic carbocycles. The van der Waals surface area contributed by atoms with E-state index in [4.69, 9.17) is 4.43 Å². The Labute approximate surface area is 113 Å². The lowest BCUT2D eigenvalue weighted by atomic mass is 10.1. The van der Waals surface area contributed by atoms with E-state index in [2.05, 4.69) is 41.5 Å². The van der Waals surface area contributed by atoms with Crippen LogP contribution in [-0.4, -0.2) is 32.4 Å². The smallest absolute Gasteiger partial charge is 0.200 e. The van der Waals surface area contributed by atoms with E-state index < -0.39 is 14.4 Å². The molecule has 1 N–H and O–H groups in total. The number of aliphatic hydroxyl groups excluding tert-OH is 1. The molecule has 0 saturated heterocycles. The van der Waals surface area contributed by atoms with Crippen molar-refractivity contribution in [2.24, 2.45) is 5.92 Å². The fourth-order valence-electron chi connectivity index (χ4n) is 2.97. The molecule has 0 amide bonds. The normalized spacial score (nSPS) is 16.4. The highest BCUT2D eigenvalue weighted by Gasteiger charge is 2.45. The summed E-state index contributed by atoms with van der Waals surface area (Å²) in [6.07, 6.45) is 0.0998. The Balaban J connectivity index is 4.86. The molecule has 108 valence electrons. The first kappa shape index (κ1) is 17.8. The number of aliphatic hydroxyl groups is 1. The second-order valence-corrected chi connectivity index (χ2v) is 11.7. The van der Waals surface area contributed by atoms with Gasteiger partial charge in [-0.15, -0.1) is 0 Å². The van der Waals surface area contributed by atoms with Gasteiger partial charge in [-0.25, -0.2) is 0 Å². The summed E-state index contributed by atoms with van der Waals surface area (Å²) in [6.45, 7) is 15.3. The molecule has 0 bridgehead atoms. The highest BCUT2D eigenvalue weighted by molar-refractivity contribution is 6.77. The molecule has 0 aliphatic rings. The zero-order chi connectivity index (χ0) is 14.5. The van der Waals surface area contributed by atoms with Crippen LogP contribution in [0.25, 0.3) is 0 Å². The monoisotopic (exact) mass is 274 g/mol. The van der Waals surface area contributed by atoms with Crippen LogP contribution >= 0.6 is 0 Å². The first-order chi connectivity index (χ1) is 8.20. The van der Waals surface area contributed by atoms with Gasteiger partial charge in [0.2, 0.25) is 0 Å². The molecule has 4 heteroatoms. The summed E-state index contributed by atoms with van der Waals surface area (Å²) in [4.78, 5) is 10.7. The summed E-state index contributed by atoms with van der Waals surface area (Å²) in [7, 11) is -1.92. The molecule has 0 fully saturated rings. The van der Waals surface area contributed by atoms with Crippen LogP contribution in [0.5, 0.6) is 0 Å². The molecule has 0 unspecified atom stereocenters. The van der Waals surface area contributed by atoms with E-state index >= 15 is 0 Å². The van der Waals surface area contributed by atoms with Gasteiger partial charge < -0.3 is 14.3 Å². The quantitative estimate of drug-likeness (QED) is 0.545. The molecule has 0 aromatic heterocycles. The van der Waals surface area contributed by atoms with Crippen LogP contribution in [0.1, 0.15) is 48.5 Å². The molecule has 0 radical (unpaired) electrons. The van der Waals surface area contributed by atoms with Crippen molar-refractivity contribution in [1.29, 1.82) is 0 Å². The Morgan fingerprint density at radius 3 is 1.67 bits per heavy atom. The molecule has 18 heavy (non-hydrogen) atoms. The zero-order valence-corrected chi connectivity index (χ0v) is 13.9. The van der Waals surface area contributed by atoms with Gasteiger partial charge in [0.25, 0.3) is 0 Å². The molecule has 3 nitrogen and oxygen atoms in total. The maximum absolute atomic E-state index is 10.7. The van der Waals surface area contributed by atoms with Crippen LogP contribution in [0, 0.1) is 5.92 Å². The number of carbonyl (C=O) groups excluding carboxylic acids is 1. The van der Waals surface area contributed by atoms with Crippen LogP contribution < -0.4 is 0 Å². The van der Waals surface area contributed by atoms with E-state index in [0.29, 0.717) is 16.6 Å². The molecule has 0 heterocycles. The minimum Gasteiger partial charge on any atom is -0.413 e. The second-order valence-electron chi connectivity index (χ2n) is 6.19. The van der Waals surface area contributed by atoms with E-state index in [0.717, 1.165) is 6.29 Å². The average Bonchev–Trinajstić information content (AvgIpc) is 2.26. The minimum absolute atomic E-state index is 0.278. The Bertz CT molecular complexity index is 230. The van der Waals surface area contributed by atoms with Crippen LogP contribution in [0.15, 0.2) is 0 Å². The Morgan fingerprint density at radius 1 is 1.00 bits per heavy atom. The number of hydrogen-bond acceptors (Lipinski definition) is 3. The highest BCUT2D eigenvalue weighted by atomic mass is 28.4. The number of hydrogen-bond donors (Lipinski definition) is 1. The van der Waals surface area contributed by atoms with Crippen molar-refractivity contribution in [2.45, 2.75) is 71.2 Å². The molecule has 0 spiro atoms. The summed E-state index contributed by atoms with van der Waals surface area (Å²) in [6, 6.07) is 0. The van der Waals surface area contributed by atoms with Crippen molar-refractivity contribution < 1.29 is 14.3 Å². The van der Waals surface area contributed by atoms with E-state index in [-0.39, 0.29) is 12.5 Å². The minimum atomic E-state index is -1.92. The van der Waals surface area contributed by atoms with Crippen molar-refractivity contribution in [2.75, 3.05) is 6.61 Å². The maximum atomic E-state index is 10.7. The summed E-state index contributed by atoms with van der Waals surface area (Å²) in [5.74, 6) is -0.358. The van der Waals surface area contributed by atoms with Crippen molar-refractivity contribution in [3.05, 3.63) is 0 Å². The largest absolute Gasteiger partial charge is 0.413 e. The third-order valence-corrected chi connectivity index (χ3v) is 10.1. The summed E-state index contributed by atoms with van der Waals surface area (Å²) in [5.41, 5.74) is 1.49. The molecule has 2 atom stereocenters. The van der Waals surface area contributed by atoms with Gasteiger partial charge in [0, 0.05) is 5.92 Å². The number of rotatable bonds is 8. The van der Waals surface area contributed by atoms with Gasteiger partial charge in [0.05, 0.1) is 12.7 Å². The summed E-state index contributed by atoms with van der Waals surface area (Å²) in [5, 5.41) is 9.89. The molecular weight excluding hydrogens is 244 g/mol. The molecule has 0 rings (SSSR count). The van der Waals surface area contributed by atoms with Gasteiger partial charge in [0.15, 0.2) is 8.32 Å². The molecular formula is C14H30O3Si. The molecule has 0 aliphatic heterocycles. The topological polar surface area (TPSA) is 46.5 Å². The van der Waals surface area contributed by atoms with Gasteiger partial charge >= 0.3 is 0 Å². The fourth-order valence-corrected chi connectivity index (χ4v) is 8.43. The van der Waals surface area contributed by atoms with Crippen molar-refractivity contribution in [3.8, 4) is 0 Å². The van der Waals surface area contributed by atoms with Crippen LogP contribution in [0.3, 0.4) is 0 Å². The lowest BCUT2D eigenvalue weighted by molar-refractivity contribution is -0.114. The summed E-state index contributed by atoms with van der Waals surface area (Å²) < 4.78 is 6.23. The summed E-state index contributed by atoms with van der Waals surface area (Å²) >= 11 is 0. The van der Waals surface area contributed by atoms with E-state index in [9.17, 15) is 9.90 Å². The van der Waals surface area contributed by atoms with Gasteiger partial charge in [0.1, 0.15) is 6.29 Å². The Hall–Kier alpha value is -0.193. The predicted molar refractivity (Wildman–Crippen MR) is 78.2 cm³/mol. The lowest BCUT2D eigenvalue weighted by Gasteiger charge is -2.42. The first-order valence-corrected chi connectivity index (χ1v) is 9.11. The van der Waals surface area contributed by atoms with Crippen LogP contribution in [-0.2, 0) is 9.22 Å². The van der Waals surface area contributed by atoms with E-state index in [1.807, 2.05) is 0 Å². The second kappa shape index (κ2) is 7.41. The third-order valence-electron chi connectivity index (χ3n) is 4.03. The fraction of sp³-hybridized carbons (Fsp3) is 0.929. The molecule has 0 aromatic carbocycles. The predicted octanol–water partition coefficient (Wildman–Crippen LogP) is 3.37. The molecule has 0 aromatic rings. The Kier molecular flexibility index (Phi) is 7.33. The highest BCUT2D eigenvalue weighted by Crippen LogP contribution is 2.42. The van der Waals surface area contributed by atoms with Crippen molar-refractivity contribution >= 4 is 14.6 Å². The van der Waals surface area contributed by atoms with Crippen LogP contribution in [0.2, 0.25) is 16.6 Å².